The van der Waals surface area contributed by atoms with E-state index in [4.69, 9.17) is 16.3 Å². The number of thiazole rings is 1. The Bertz CT molecular complexity index is 1070. The fraction of sp³-hybridized carbons (Fsp3) is 0.571. The number of nitrogens with zero attached hydrogens (tertiary/aromatic N) is 3. The van der Waals surface area contributed by atoms with Gasteiger partial charge in [0.1, 0.15) is 4.88 Å². The van der Waals surface area contributed by atoms with Crippen LogP contribution in [0.3, 0.4) is 0 Å². The molecular weight excluding hydrogens is 500 g/mol. The molecule has 192 valence electrons. The summed E-state index contributed by atoms with van der Waals surface area (Å²) in [5.41, 5.74) is 0.474. The van der Waals surface area contributed by atoms with E-state index in [9.17, 15) is 24.6 Å². The number of aliphatic hydroxyl groups excluding tert-OH is 1. The Morgan fingerprint density at radius 1 is 1.31 bits per heavy atom. The second-order valence-corrected chi connectivity index (χ2v) is 9.39. The van der Waals surface area contributed by atoms with Gasteiger partial charge in [-0.25, -0.2) is 14.8 Å². The highest BCUT2D eigenvalue weighted by molar-refractivity contribution is 7.17. The summed E-state index contributed by atoms with van der Waals surface area (Å²) >= 11 is 6.95. The highest BCUT2D eigenvalue weighted by Crippen LogP contribution is 2.30. The standard InChI is InChI=1S/C21H29ClN6O6S/c1-4-11-16(22)27-17(24-11)19(31)25-12-6-7-28(8-13(12)34-5-2)21-26-14(15(35-21)20(32)33)18(30)23-10(3)9-29/h10,12-13,29H,4-9H2,1-3H3,(H,23,30)(H,24,27)(H,25,31)(H,32,33)/t10?,12-,13+/m1/s1. The number of amides is 2. The molecule has 3 atom stereocenters. The number of piperidine rings is 1. The number of halogens is 1. The maximum atomic E-state index is 12.7. The van der Waals surface area contributed by atoms with Crippen molar-refractivity contribution < 1.29 is 29.3 Å². The number of aromatic carboxylic acids is 1. The Morgan fingerprint density at radius 2 is 2.06 bits per heavy atom. The number of imidazole rings is 1. The smallest absolute Gasteiger partial charge is 0.348 e. The van der Waals surface area contributed by atoms with Crippen molar-refractivity contribution in [2.24, 2.45) is 0 Å². The van der Waals surface area contributed by atoms with E-state index >= 15 is 0 Å². The molecule has 2 aromatic rings. The van der Waals surface area contributed by atoms with Gasteiger partial charge in [0, 0.05) is 25.7 Å². The van der Waals surface area contributed by atoms with Crippen LogP contribution in [0, 0.1) is 0 Å². The average Bonchev–Trinajstić information content (AvgIpc) is 3.44. The molecule has 0 radical (unpaired) electrons. The van der Waals surface area contributed by atoms with Gasteiger partial charge in [0.15, 0.2) is 21.8 Å². The van der Waals surface area contributed by atoms with E-state index in [2.05, 4.69) is 25.6 Å². The molecule has 0 spiro atoms. The lowest BCUT2D eigenvalue weighted by molar-refractivity contribution is 0.0271. The fourth-order valence-electron chi connectivity index (χ4n) is 3.69. The molecule has 5 N–H and O–H groups in total. The molecule has 35 heavy (non-hydrogen) atoms. The van der Waals surface area contributed by atoms with E-state index in [0.717, 1.165) is 11.3 Å². The Morgan fingerprint density at radius 3 is 2.66 bits per heavy atom. The van der Waals surface area contributed by atoms with Crippen molar-refractivity contribution in [2.75, 3.05) is 31.2 Å². The maximum absolute atomic E-state index is 12.7. The number of aromatic nitrogens is 3. The largest absolute Gasteiger partial charge is 0.477 e. The first-order valence-corrected chi connectivity index (χ1v) is 12.4. The molecule has 1 aliphatic heterocycles. The Balaban J connectivity index is 1.75. The molecule has 2 aromatic heterocycles. The molecule has 12 nitrogen and oxygen atoms in total. The van der Waals surface area contributed by atoms with Crippen LogP contribution in [0.4, 0.5) is 5.13 Å². The molecule has 0 aliphatic carbocycles. The first-order chi connectivity index (χ1) is 16.7. The number of hydrogen-bond donors (Lipinski definition) is 5. The third kappa shape index (κ3) is 6.28. The van der Waals surface area contributed by atoms with Gasteiger partial charge in [-0.05, 0) is 26.7 Å². The highest BCUT2D eigenvalue weighted by Gasteiger charge is 2.34. The molecule has 1 fully saturated rings. The normalized spacial score (nSPS) is 18.8. The molecule has 1 saturated heterocycles. The monoisotopic (exact) mass is 528 g/mol. The Labute approximate surface area is 211 Å². The van der Waals surface area contributed by atoms with Crippen molar-refractivity contribution in [3.63, 3.8) is 0 Å². The molecule has 0 bridgehead atoms. The van der Waals surface area contributed by atoms with Gasteiger partial charge in [0.05, 0.1) is 24.4 Å². The van der Waals surface area contributed by atoms with Crippen molar-refractivity contribution >= 4 is 45.9 Å². The first-order valence-electron chi connectivity index (χ1n) is 11.3. The summed E-state index contributed by atoms with van der Waals surface area (Å²) in [5, 5.41) is 24.8. The van der Waals surface area contributed by atoms with Crippen LogP contribution in [-0.4, -0.2) is 87.4 Å². The van der Waals surface area contributed by atoms with Gasteiger partial charge in [-0.2, -0.15) is 0 Å². The molecule has 14 heteroatoms. The number of anilines is 1. The lowest BCUT2D eigenvalue weighted by atomic mass is 10.0. The number of carbonyl (C=O) groups excluding carboxylic acids is 2. The second-order valence-electron chi connectivity index (χ2n) is 8.05. The van der Waals surface area contributed by atoms with Crippen LogP contribution in [-0.2, 0) is 11.2 Å². The lowest BCUT2D eigenvalue weighted by Gasteiger charge is -2.38. The molecule has 0 aromatic carbocycles. The van der Waals surface area contributed by atoms with Crippen molar-refractivity contribution in [1.82, 2.24) is 25.6 Å². The average molecular weight is 529 g/mol. The maximum Gasteiger partial charge on any atom is 0.348 e. The minimum absolute atomic E-state index is 0.128. The quantitative estimate of drug-likeness (QED) is 0.305. The van der Waals surface area contributed by atoms with E-state index in [0.29, 0.717) is 43.4 Å². The van der Waals surface area contributed by atoms with Crippen LogP contribution in [0.25, 0.3) is 0 Å². The number of carbonyl (C=O) groups is 3. The van der Waals surface area contributed by atoms with E-state index in [1.54, 1.807) is 6.92 Å². The number of ether oxygens (including phenoxy) is 1. The molecule has 0 saturated carbocycles. The third-order valence-electron chi connectivity index (χ3n) is 5.50. The van der Waals surface area contributed by atoms with Gasteiger partial charge in [-0.15, -0.1) is 0 Å². The molecule has 3 rings (SSSR count). The summed E-state index contributed by atoms with van der Waals surface area (Å²) in [4.78, 5) is 49.9. The number of H-pyrrole nitrogens is 1. The van der Waals surface area contributed by atoms with Crippen molar-refractivity contribution in [1.29, 1.82) is 0 Å². The van der Waals surface area contributed by atoms with E-state index in [-0.39, 0.29) is 34.2 Å². The number of aromatic amines is 1. The van der Waals surface area contributed by atoms with Crippen molar-refractivity contribution in [3.8, 4) is 0 Å². The number of rotatable bonds is 10. The topological polar surface area (TPSA) is 170 Å². The number of carboxylic acid groups (broad SMARTS) is 1. The zero-order chi connectivity index (χ0) is 25.7. The van der Waals surface area contributed by atoms with Gasteiger partial charge < -0.3 is 35.5 Å². The summed E-state index contributed by atoms with van der Waals surface area (Å²) in [6, 6.07) is -0.867. The minimum atomic E-state index is -1.26. The first kappa shape index (κ1) is 26.9. The van der Waals surface area contributed by atoms with Crippen LogP contribution in [0.1, 0.15) is 63.7 Å². The summed E-state index contributed by atoms with van der Waals surface area (Å²) in [5.74, 6) is -2.20. The van der Waals surface area contributed by atoms with Crippen molar-refractivity contribution in [3.05, 3.63) is 27.2 Å². The van der Waals surface area contributed by atoms with Gasteiger partial charge in [-0.3, -0.25) is 9.59 Å². The summed E-state index contributed by atoms with van der Waals surface area (Å²) in [6.45, 7) is 6.24. The highest BCUT2D eigenvalue weighted by atomic mass is 35.5. The van der Waals surface area contributed by atoms with E-state index < -0.39 is 29.9 Å². The third-order valence-corrected chi connectivity index (χ3v) is 6.92. The second kappa shape index (κ2) is 11.8. The molecule has 2 amide bonds. The molecule has 1 aliphatic rings. The van der Waals surface area contributed by atoms with Crippen LogP contribution in [0.5, 0.6) is 0 Å². The van der Waals surface area contributed by atoms with Crippen LogP contribution in [0.2, 0.25) is 5.15 Å². The zero-order valence-electron chi connectivity index (χ0n) is 19.6. The van der Waals surface area contributed by atoms with E-state index in [1.165, 1.54) is 0 Å². The lowest BCUT2D eigenvalue weighted by Crippen LogP contribution is -2.55. The zero-order valence-corrected chi connectivity index (χ0v) is 21.2. The van der Waals surface area contributed by atoms with E-state index in [1.807, 2.05) is 18.7 Å². The number of carboxylic acids is 1. The minimum Gasteiger partial charge on any atom is -0.477 e. The number of aryl methyl sites for hydroxylation is 1. The molecule has 3 heterocycles. The van der Waals surface area contributed by atoms with Gasteiger partial charge >= 0.3 is 5.97 Å². The van der Waals surface area contributed by atoms with Crippen LogP contribution in [0.15, 0.2) is 0 Å². The predicted octanol–water partition coefficient (Wildman–Crippen LogP) is 1.30. The molecular formula is C21H29ClN6O6S. The summed E-state index contributed by atoms with van der Waals surface area (Å²) in [6.07, 6.45) is 0.707. The van der Waals surface area contributed by atoms with Gasteiger partial charge in [0.2, 0.25) is 0 Å². The SMILES string of the molecule is CCO[C@H]1CN(c2nc(C(=O)NC(C)CO)c(C(=O)O)s2)CC[C@H]1NC(=O)c1nc(Cl)c(CC)[nH]1. The summed E-state index contributed by atoms with van der Waals surface area (Å²) in [7, 11) is 0. The molecule has 1 unspecified atom stereocenters. The van der Waals surface area contributed by atoms with Gasteiger partial charge in [-0.1, -0.05) is 29.9 Å². The van der Waals surface area contributed by atoms with Crippen molar-refractivity contribution in [2.45, 2.75) is 51.8 Å². The Kier molecular flexibility index (Phi) is 9.05. The van der Waals surface area contributed by atoms with Crippen LogP contribution < -0.4 is 15.5 Å². The summed E-state index contributed by atoms with van der Waals surface area (Å²) < 4.78 is 5.87. The Hall–Kier alpha value is -2.74. The fourth-order valence-corrected chi connectivity index (χ4v) is 4.89. The number of hydrogen-bond acceptors (Lipinski definition) is 9. The van der Waals surface area contributed by atoms with Crippen LogP contribution >= 0.6 is 22.9 Å². The predicted molar refractivity (Wildman–Crippen MR) is 130 cm³/mol. The van der Waals surface area contributed by atoms with Gasteiger partial charge in [0.25, 0.3) is 11.8 Å². The number of aliphatic hydroxyl groups is 1. The number of nitrogens with one attached hydrogen (secondary N) is 3.